The lowest BCUT2D eigenvalue weighted by molar-refractivity contribution is 0.413. The molecule has 0 saturated carbocycles. The molecule has 4 rings (SSSR count). The number of methoxy groups -OCH3 is 1. The van der Waals surface area contributed by atoms with Crippen molar-refractivity contribution in [3.63, 3.8) is 0 Å². The Kier molecular flexibility index (Phi) is 5.38. The smallest absolute Gasteiger partial charge is 0.277 e. The number of halogens is 1. The molecule has 2 aromatic carbocycles. The summed E-state index contributed by atoms with van der Waals surface area (Å²) in [5, 5.41) is 8.57. The number of aromatic nitrogens is 3. The van der Waals surface area contributed by atoms with Gasteiger partial charge < -0.3 is 13.6 Å². The van der Waals surface area contributed by atoms with Gasteiger partial charge >= 0.3 is 0 Å². The lowest BCUT2D eigenvalue weighted by Gasteiger charge is -2.00. The third-order valence-electron chi connectivity index (χ3n) is 3.96. The first kappa shape index (κ1) is 18.2. The van der Waals surface area contributed by atoms with Crippen molar-refractivity contribution < 1.29 is 18.0 Å². The highest BCUT2D eigenvalue weighted by Gasteiger charge is 2.11. The van der Waals surface area contributed by atoms with E-state index < -0.39 is 0 Å². The summed E-state index contributed by atoms with van der Waals surface area (Å²) in [4.78, 5) is 4.24. The quantitative estimate of drug-likeness (QED) is 0.416. The van der Waals surface area contributed by atoms with Crippen LogP contribution in [-0.4, -0.2) is 22.3 Å². The van der Waals surface area contributed by atoms with E-state index in [1.807, 2.05) is 24.3 Å². The lowest BCUT2D eigenvalue weighted by atomic mass is 10.1. The minimum absolute atomic E-state index is 0.291. The maximum absolute atomic E-state index is 13.0. The predicted octanol–water partition coefficient (Wildman–Crippen LogP) is 4.76. The zero-order valence-electron chi connectivity index (χ0n) is 15.0. The molecule has 8 heteroatoms. The summed E-state index contributed by atoms with van der Waals surface area (Å²) in [6, 6.07) is 13.8. The third kappa shape index (κ3) is 4.40. The van der Waals surface area contributed by atoms with Gasteiger partial charge in [-0.2, -0.15) is 0 Å². The van der Waals surface area contributed by atoms with Crippen molar-refractivity contribution >= 4 is 11.8 Å². The molecule has 2 aromatic heterocycles. The maximum atomic E-state index is 13.0. The van der Waals surface area contributed by atoms with Crippen LogP contribution < -0.4 is 4.74 Å². The van der Waals surface area contributed by atoms with Gasteiger partial charge in [0.2, 0.25) is 11.8 Å². The van der Waals surface area contributed by atoms with Gasteiger partial charge in [-0.25, -0.2) is 9.37 Å². The van der Waals surface area contributed by atoms with Crippen LogP contribution in [0.2, 0.25) is 0 Å². The van der Waals surface area contributed by atoms with Crippen LogP contribution in [0.3, 0.4) is 0 Å². The number of hydrogen-bond acceptors (Lipinski definition) is 7. The van der Waals surface area contributed by atoms with E-state index in [-0.39, 0.29) is 5.82 Å². The third-order valence-corrected chi connectivity index (χ3v) is 4.77. The fourth-order valence-electron chi connectivity index (χ4n) is 2.53. The van der Waals surface area contributed by atoms with E-state index in [2.05, 4.69) is 15.2 Å². The number of nitrogens with zero attached hydrogens (tertiary/aromatic N) is 3. The van der Waals surface area contributed by atoms with Gasteiger partial charge in [0.1, 0.15) is 11.6 Å². The van der Waals surface area contributed by atoms with Crippen LogP contribution >= 0.6 is 11.8 Å². The van der Waals surface area contributed by atoms with Gasteiger partial charge in [-0.1, -0.05) is 23.9 Å². The van der Waals surface area contributed by atoms with Gasteiger partial charge in [-0.3, -0.25) is 0 Å². The van der Waals surface area contributed by atoms with Gasteiger partial charge in [-0.15, -0.1) is 10.2 Å². The van der Waals surface area contributed by atoms with E-state index >= 15 is 0 Å². The van der Waals surface area contributed by atoms with Gasteiger partial charge in [-0.05, 0) is 42.0 Å². The van der Waals surface area contributed by atoms with Crippen LogP contribution in [0.5, 0.6) is 5.75 Å². The molecule has 142 valence electrons. The number of rotatable bonds is 7. The van der Waals surface area contributed by atoms with E-state index in [0.717, 1.165) is 16.9 Å². The summed E-state index contributed by atoms with van der Waals surface area (Å²) in [6.45, 7) is 0. The van der Waals surface area contributed by atoms with Crippen LogP contribution in [0.4, 0.5) is 4.39 Å². The van der Waals surface area contributed by atoms with Crippen molar-refractivity contribution in [2.75, 3.05) is 7.11 Å². The molecule has 0 atom stereocenters. The van der Waals surface area contributed by atoms with Gasteiger partial charge in [0, 0.05) is 5.56 Å². The fraction of sp³-hybridized carbons (Fsp3) is 0.150. The molecule has 0 fully saturated rings. The highest BCUT2D eigenvalue weighted by atomic mass is 32.2. The maximum Gasteiger partial charge on any atom is 0.277 e. The van der Waals surface area contributed by atoms with E-state index in [1.54, 1.807) is 25.4 Å². The number of thioether (sulfide) groups is 1. The summed E-state index contributed by atoms with van der Waals surface area (Å²) in [5.74, 6) is 2.61. The Morgan fingerprint density at radius 3 is 2.50 bits per heavy atom. The van der Waals surface area contributed by atoms with Crippen molar-refractivity contribution in [3.8, 4) is 17.1 Å². The van der Waals surface area contributed by atoms with E-state index in [9.17, 15) is 4.39 Å². The largest absolute Gasteiger partial charge is 0.497 e. The van der Waals surface area contributed by atoms with Crippen molar-refractivity contribution in [3.05, 3.63) is 77.9 Å². The van der Waals surface area contributed by atoms with Crippen LogP contribution in [0, 0.1) is 5.82 Å². The molecule has 0 saturated heterocycles. The molecule has 6 nitrogen and oxygen atoms in total. The molecule has 0 spiro atoms. The first-order valence-electron chi connectivity index (χ1n) is 8.48. The molecule has 0 aliphatic rings. The predicted molar refractivity (Wildman–Crippen MR) is 102 cm³/mol. The molecular weight excluding hydrogens is 381 g/mol. The van der Waals surface area contributed by atoms with Crippen molar-refractivity contribution in [2.45, 2.75) is 17.4 Å². The van der Waals surface area contributed by atoms with E-state index in [0.29, 0.717) is 34.9 Å². The monoisotopic (exact) mass is 397 g/mol. The molecule has 0 unspecified atom stereocenters. The number of oxazole rings is 1. The topological polar surface area (TPSA) is 74.2 Å². The molecule has 0 N–H and O–H groups in total. The van der Waals surface area contributed by atoms with Crippen molar-refractivity contribution in [1.29, 1.82) is 0 Å². The van der Waals surface area contributed by atoms with Gasteiger partial charge in [0.15, 0.2) is 5.76 Å². The summed E-state index contributed by atoms with van der Waals surface area (Å²) >= 11 is 1.35. The molecule has 4 aromatic rings. The SMILES string of the molecule is COc1ccc(Cc2nnc(SCc3ncc(-c4ccc(F)cc4)o3)o2)cc1. The molecule has 0 amide bonds. The Balaban J connectivity index is 1.35. The average Bonchev–Trinajstić information content (AvgIpc) is 3.37. The van der Waals surface area contributed by atoms with E-state index in [4.69, 9.17) is 13.6 Å². The second-order valence-electron chi connectivity index (χ2n) is 5.90. The Morgan fingerprint density at radius 2 is 1.75 bits per heavy atom. The zero-order valence-corrected chi connectivity index (χ0v) is 15.8. The summed E-state index contributed by atoms with van der Waals surface area (Å²) in [6.07, 6.45) is 2.16. The molecule has 28 heavy (non-hydrogen) atoms. The molecule has 0 aliphatic heterocycles. The first-order valence-corrected chi connectivity index (χ1v) is 9.47. The van der Waals surface area contributed by atoms with E-state index in [1.165, 1.54) is 23.9 Å². The average molecular weight is 397 g/mol. The fourth-order valence-corrected chi connectivity index (χ4v) is 3.17. The summed E-state index contributed by atoms with van der Waals surface area (Å²) in [7, 11) is 1.63. The highest BCUT2D eigenvalue weighted by Crippen LogP contribution is 2.26. The number of ether oxygens (including phenoxy) is 1. The lowest BCUT2D eigenvalue weighted by Crippen LogP contribution is -1.89. The molecule has 0 aliphatic carbocycles. The second-order valence-corrected chi connectivity index (χ2v) is 6.83. The second kappa shape index (κ2) is 8.26. The molecule has 0 bridgehead atoms. The Morgan fingerprint density at radius 1 is 0.964 bits per heavy atom. The van der Waals surface area contributed by atoms with Crippen molar-refractivity contribution in [1.82, 2.24) is 15.2 Å². The highest BCUT2D eigenvalue weighted by molar-refractivity contribution is 7.98. The standard InChI is InChI=1S/C20H16FN3O3S/c1-25-16-8-2-13(3-9-16)10-18-23-24-20(27-18)28-12-19-22-11-17(26-19)14-4-6-15(21)7-5-14/h2-9,11H,10,12H2,1H3. The zero-order chi connectivity index (χ0) is 19.3. The van der Waals surface area contributed by atoms with Crippen LogP contribution in [0.1, 0.15) is 17.3 Å². The number of hydrogen-bond donors (Lipinski definition) is 0. The molecular formula is C20H16FN3O3S. The minimum Gasteiger partial charge on any atom is -0.497 e. The first-order chi connectivity index (χ1) is 13.7. The van der Waals surface area contributed by atoms with Crippen LogP contribution in [-0.2, 0) is 12.2 Å². The minimum atomic E-state index is -0.291. The molecule has 2 heterocycles. The van der Waals surface area contributed by atoms with Crippen LogP contribution in [0.25, 0.3) is 11.3 Å². The molecule has 0 radical (unpaired) electrons. The summed E-state index contributed by atoms with van der Waals surface area (Å²) in [5.41, 5.74) is 1.82. The Bertz CT molecular complexity index is 1050. The van der Waals surface area contributed by atoms with Crippen LogP contribution in [0.15, 0.2) is 68.8 Å². The normalized spacial score (nSPS) is 10.9. The Labute approximate surface area is 164 Å². The van der Waals surface area contributed by atoms with Gasteiger partial charge in [0.25, 0.3) is 5.22 Å². The Hall–Kier alpha value is -3.13. The van der Waals surface area contributed by atoms with Crippen molar-refractivity contribution in [2.24, 2.45) is 0 Å². The number of benzene rings is 2. The van der Waals surface area contributed by atoms with Gasteiger partial charge in [0.05, 0.1) is 25.5 Å². The summed E-state index contributed by atoms with van der Waals surface area (Å²) < 4.78 is 29.5.